The highest BCUT2D eigenvalue weighted by molar-refractivity contribution is 8.93. The van der Waals surface area contributed by atoms with Gasteiger partial charge in [-0.1, -0.05) is 29.3 Å². The van der Waals surface area contributed by atoms with Crippen molar-refractivity contribution in [3.05, 3.63) is 28.2 Å². The quantitative estimate of drug-likeness (QED) is 0.600. The van der Waals surface area contributed by atoms with Crippen LogP contribution in [0.3, 0.4) is 0 Å². The summed E-state index contributed by atoms with van der Waals surface area (Å²) in [5, 5.41) is 1.05. The second-order valence-corrected chi connectivity index (χ2v) is 2.56. The molecule has 0 unspecified atom stereocenters. The van der Waals surface area contributed by atoms with Crippen LogP contribution in [-0.2, 0) is 0 Å². The lowest BCUT2D eigenvalue weighted by atomic mass is 10.3. The Hall–Kier alpha value is 0.0400. The normalized spacial score (nSPS) is 8.64. The van der Waals surface area contributed by atoms with Crippen molar-refractivity contribution in [3.8, 4) is 0 Å². The molecule has 2 nitrogen and oxygen atoms in total. The average molecular weight is 258 g/mol. The van der Waals surface area contributed by atoms with Gasteiger partial charge in [0.2, 0.25) is 0 Å². The molecule has 1 aromatic carbocycles. The molecule has 0 aliphatic heterocycles. The molecule has 0 spiro atoms. The van der Waals surface area contributed by atoms with Gasteiger partial charge in [0.25, 0.3) is 0 Å². The molecule has 0 saturated heterocycles. The van der Waals surface area contributed by atoms with Crippen LogP contribution in [0.2, 0.25) is 10.0 Å². The summed E-state index contributed by atoms with van der Waals surface area (Å²) in [4.78, 5) is 0. The molecule has 1 aromatic rings. The van der Waals surface area contributed by atoms with Gasteiger partial charge in [-0.15, -0.1) is 17.0 Å². The van der Waals surface area contributed by atoms with E-state index in [4.69, 9.17) is 29.0 Å². The first-order chi connectivity index (χ1) is 4.75. The molecule has 0 aliphatic carbocycles. The number of nitrogens with two attached hydrogens (primary N) is 1. The van der Waals surface area contributed by atoms with E-state index in [0.717, 1.165) is 0 Å². The van der Waals surface area contributed by atoms with Gasteiger partial charge >= 0.3 is 0 Å². The van der Waals surface area contributed by atoms with E-state index in [1.165, 1.54) is 0 Å². The van der Waals surface area contributed by atoms with E-state index in [9.17, 15) is 0 Å². The van der Waals surface area contributed by atoms with Crippen LogP contribution in [0.1, 0.15) is 0 Å². The molecule has 5 heteroatoms. The Labute approximate surface area is 85.4 Å². The number of nitrogen functional groups attached to an aromatic ring is 1. The van der Waals surface area contributed by atoms with Crippen molar-refractivity contribution >= 4 is 45.9 Å². The zero-order valence-electron chi connectivity index (χ0n) is 5.47. The number of hydrogen-bond donors (Lipinski definition) is 2. The molecule has 11 heavy (non-hydrogen) atoms. The van der Waals surface area contributed by atoms with E-state index in [-0.39, 0.29) is 17.0 Å². The van der Waals surface area contributed by atoms with Crippen LogP contribution in [0.5, 0.6) is 0 Å². The second-order valence-electron chi connectivity index (χ2n) is 1.74. The largest absolute Gasteiger partial charge is 0.321 e. The van der Waals surface area contributed by atoms with Crippen molar-refractivity contribution in [3.63, 3.8) is 0 Å². The Bertz CT molecular complexity index is 222. The highest BCUT2D eigenvalue weighted by Crippen LogP contribution is 2.28. The molecule has 1 rings (SSSR count). The molecule has 0 amide bonds. The summed E-state index contributed by atoms with van der Waals surface area (Å²) in [6.45, 7) is 0. The lowest BCUT2D eigenvalue weighted by Gasteiger charge is -2.03. The van der Waals surface area contributed by atoms with E-state index < -0.39 is 0 Å². The van der Waals surface area contributed by atoms with Crippen LogP contribution >= 0.6 is 40.2 Å². The highest BCUT2D eigenvalue weighted by atomic mass is 79.9. The van der Waals surface area contributed by atoms with Gasteiger partial charge < -0.3 is 5.43 Å². The number of anilines is 1. The van der Waals surface area contributed by atoms with Gasteiger partial charge in [-0.05, 0) is 12.1 Å². The van der Waals surface area contributed by atoms with Crippen molar-refractivity contribution < 1.29 is 0 Å². The molecule has 0 radical (unpaired) electrons. The van der Waals surface area contributed by atoms with Gasteiger partial charge in [0.15, 0.2) is 0 Å². The predicted octanol–water partition coefficient (Wildman–Crippen LogP) is 2.86. The molecule has 0 heterocycles. The molecular weight excluding hydrogens is 251 g/mol. The number of hydrogen-bond acceptors (Lipinski definition) is 2. The maximum atomic E-state index is 5.70. The van der Waals surface area contributed by atoms with Crippen LogP contribution in [0, 0.1) is 0 Å². The van der Waals surface area contributed by atoms with Crippen molar-refractivity contribution in [2.75, 3.05) is 5.43 Å². The molecule has 0 bridgehead atoms. The van der Waals surface area contributed by atoms with Crippen LogP contribution in [0.4, 0.5) is 5.69 Å². The fourth-order valence-corrected chi connectivity index (χ4v) is 1.14. The van der Waals surface area contributed by atoms with Gasteiger partial charge in [0.1, 0.15) is 0 Å². The van der Waals surface area contributed by atoms with Crippen molar-refractivity contribution in [2.45, 2.75) is 0 Å². The summed E-state index contributed by atoms with van der Waals surface area (Å²) in [7, 11) is 0. The van der Waals surface area contributed by atoms with Crippen molar-refractivity contribution in [1.29, 1.82) is 0 Å². The Balaban J connectivity index is 0.000001000. The minimum absolute atomic E-state index is 0. The third-order valence-electron chi connectivity index (χ3n) is 1.11. The minimum Gasteiger partial charge on any atom is -0.321 e. The Morgan fingerprint density at radius 2 is 1.64 bits per heavy atom. The number of halogens is 3. The Morgan fingerprint density at radius 3 is 1.91 bits per heavy atom. The van der Waals surface area contributed by atoms with E-state index in [1.807, 2.05) is 0 Å². The van der Waals surface area contributed by atoms with Gasteiger partial charge in [0, 0.05) is 0 Å². The van der Waals surface area contributed by atoms with Crippen LogP contribution in [0.15, 0.2) is 18.2 Å². The molecule has 0 atom stereocenters. The predicted molar refractivity (Wildman–Crippen MR) is 54.6 cm³/mol. The van der Waals surface area contributed by atoms with E-state index in [0.29, 0.717) is 15.7 Å². The summed E-state index contributed by atoms with van der Waals surface area (Å²) < 4.78 is 0. The molecule has 0 aliphatic rings. The van der Waals surface area contributed by atoms with Gasteiger partial charge in [-0.2, -0.15) is 0 Å². The number of benzene rings is 1. The standard InChI is InChI=1S/C6H6Cl2N2.BrH/c7-4-2-1-3-5(8)6(4)10-9;/h1-3,10H,9H2;1H. The number of nitrogens with one attached hydrogen (secondary N) is 1. The van der Waals surface area contributed by atoms with Gasteiger partial charge in [-0.25, -0.2) is 0 Å². The lowest BCUT2D eigenvalue weighted by Crippen LogP contribution is -2.07. The average Bonchev–Trinajstić information content (AvgIpc) is 1.88. The Kier molecular flexibility index (Phi) is 4.84. The molecule has 0 fully saturated rings. The van der Waals surface area contributed by atoms with Crippen LogP contribution in [-0.4, -0.2) is 0 Å². The fourth-order valence-electron chi connectivity index (χ4n) is 0.636. The monoisotopic (exact) mass is 256 g/mol. The number of para-hydroxylation sites is 1. The van der Waals surface area contributed by atoms with Gasteiger partial charge in [0.05, 0.1) is 15.7 Å². The molecule has 3 N–H and O–H groups in total. The fraction of sp³-hybridized carbons (Fsp3) is 0. The molecular formula is C6H7BrCl2N2. The summed E-state index contributed by atoms with van der Waals surface area (Å²) >= 11 is 11.4. The SMILES string of the molecule is Br.NNc1c(Cl)cccc1Cl. The summed E-state index contributed by atoms with van der Waals surface area (Å²) in [6.07, 6.45) is 0. The summed E-state index contributed by atoms with van der Waals surface area (Å²) in [6, 6.07) is 5.18. The molecule has 0 saturated carbocycles. The zero-order valence-corrected chi connectivity index (χ0v) is 8.70. The van der Waals surface area contributed by atoms with Crippen LogP contribution in [0.25, 0.3) is 0 Å². The third-order valence-corrected chi connectivity index (χ3v) is 1.74. The second kappa shape index (κ2) is 4.83. The van der Waals surface area contributed by atoms with E-state index >= 15 is 0 Å². The summed E-state index contributed by atoms with van der Waals surface area (Å²) in [5.74, 6) is 5.13. The van der Waals surface area contributed by atoms with E-state index in [2.05, 4.69) is 5.43 Å². The van der Waals surface area contributed by atoms with Crippen molar-refractivity contribution in [2.24, 2.45) is 5.84 Å². The van der Waals surface area contributed by atoms with Crippen molar-refractivity contribution in [1.82, 2.24) is 0 Å². The Morgan fingerprint density at radius 1 is 1.18 bits per heavy atom. The van der Waals surface area contributed by atoms with E-state index in [1.54, 1.807) is 18.2 Å². The topological polar surface area (TPSA) is 38.0 Å². The minimum atomic E-state index is 0. The molecule has 62 valence electrons. The molecule has 0 aromatic heterocycles. The number of rotatable bonds is 1. The lowest BCUT2D eigenvalue weighted by molar-refractivity contribution is 1.35. The maximum absolute atomic E-state index is 5.70. The maximum Gasteiger partial charge on any atom is 0.0860 e. The zero-order chi connectivity index (χ0) is 7.56. The summed E-state index contributed by atoms with van der Waals surface area (Å²) in [5.41, 5.74) is 2.96. The first-order valence-corrected chi connectivity index (χ1v) is 3.42. The van der Waals surface area contributed by atoms with Gasteiger partial charge in [-0.3, -0.25) is 5.84 Å². The first kappa shape index (κ1) is 11.0. The number of hydrazine groups is 1. The first-order valence-electron chi connectivity index (χ1n) is 2.66. The van der Waals surface area contributed by atoms with Crippen LogP contribution < -0.4 is 11.3 Å². The smallest absolute Gasteiger partial charge is 0.0860 e. The highest BCUT2D eigenvalue weighted by Gasteiger charge is 2.00. The third kappa shape index (κ3) is 2.52.